The summed E-state index contributed by atoms with van der Waals surface area (Å²) in [5.41, 5.74) is 2.82. The molecule has 9 heteroatoms. The van der Waals surface area contributed by atoms with Gasteiger partial charge in [0.15, 0.2) is 5.82 Å². The lowest BCUT2D eigenvalue weighted by Gasteiger charge is -2.33. The molecule has 1 aromatic carbocycles. The number of nitrogens with one attached hydrogen (secondary N) is 1. The minimum atomic E-state index is -0.166. The molecule has 1 aliphatic heterocycles. The fourth-order valence-electron chi connectivity index (χ4n) is 3.59. The minimum absolute atomic E-state index is 0.0435. The first-order valence-corrected chi connectivity index (χ1v) is 10.0. The van der Waals surface area contributed by atoms with E-state index in [0.717, 1.165) is 30.0 Å². The van der Waals surface area contributed by atoms with Gasteiger partial charge in [0.25, 0.3) is 0 Å². The monoisotopic (exact) mass is 407 g/mol. The van der Waals surface area contributed by atoms with Crippen LogP contribution in [0.3, 0.4) is 0 Å². The van der Waals surface area contributed by atoms with Crippen molar-refractivity contribution in [3.05, 3.63) is 71.3 Å². The van der Waals surface area contributed by atoms with Gasteiger partial charge in [0.2, 0.25) is 5.91 Å². The van der Waals surface area contributed by atoms with E-state index in [-0.39, 0.29) is 18.5 Å². The Bertz CT molecular complexity index is 970. The number of morpholine rings is 1. The summed E-state index contributed by atoms with van der Waals surface area (Å²) in [5, 5.41) is 15.1. The molecule has 0 saturated carbocycles. The smallest absolute Gasteiger partial charge is 0.242 e. The number of rotatable bonds is 7. The van der Waals surface area contributed by atoms with Gasteiger partial charge in [-0.3, -0.25) is 14.7 Å². The molecule has 30 heavy (non-hydrogen) atoms. The highest BCUT2D eigenvalue weighted by atomic mass is 16.5. The third kappa shape index (κ3) is 4.87. The molecule has 1 amide bonds. The highest BCUT2D eigenvalue weighted by molar-refractivity contribution is 5.75. The van der Waals surface area contributed by atoms with Gasteiger partial charge in [-0.1, -0.05) is 36.4 Å². The van der Waals surface area contributed by atoms with E-state index >= 15 is 0 Å². The number of ether oxygens (including phenoxy) is 1. The van der Waals surface area contributed by atoms with Crippen molar-refractivity contribution >= 4 is 5.91 Å². The van der Waals surface area contributed by atoms with Crippen LogP contribution in [-0.2, 0) is 22.6 Å². The van der Waals surface area contributed by atoms with Crippen molar-refractivity contribution in [3.63, 3.8) is 0 Å². The summed E-state index contributed by atoms with van der Waals surface area (Å²) in [5.74, 6) is 0.479. The van der Waals surface area contributed by atoms with E-state index in [9.17, 15) is 4.79 Å². The Labute approximate surface area is 175 Å². The Hall–Kier alpha value is -3.17. The average Bonchev–Trinajstić information content (AvgIpc) is 3.22. The predicted molar refractivity (Wildman–Crippen MR) is 109 cm³/mol. The Morgan fingerprint density at radius 1 is 1.13 bits per heavy atom. The van der Waals surface area contributed by atoms with Crippen molar-refractivity contribution in [1.82, 2.24) is 35.4 Å². The molecule has 3 aromatic rings. The van der Waals surface area contributed by atoms with Crippen LogP contribution in [0.2, 0.25) is 0 Å². The zero-order valence-corrected chi connectivity index (χ0v) is 16.9. The average molecular weight is 407 g/mol. The molecule has 0 aliphatic carbocycles. The molecular formula is C21H25N7O2. The maximum Gasteiger partial charge on any atom is 0.242 e. The van der Waals surface area contributed by atoms with Gasteiger partial charge < -0.3 is 10.1 Å². The van der Waals surface area contributed by atoms with Gasteiger partial charge >= 0.3 is 0 Å². The second-order valence-corrected chi connectivity index (χ2v) is 7.20. The molecule has 1 N–H and O–H groups in total. The summed E-state index contributed by atoms with van der Waals surface area (Å²) in [6, 6.07) is 15.7. The van der Waals surface area contributed by atoms with E-state index in [4.69, 9.17) is 4.74 Å². The second kappa shape index (κ2) is 9.55. The number of amides is 1. The molecular weight excluding hydrogens is 382 g/mol. The Morgan fingerprint density at radius 2 is 1.93 bits per heavy atom. The molecule has 156 valence electrons. The number of nitrogens with zero attached hydrogens (tertiary/aromatic N) is 6. The van der Waals surface area contributed by atoms with Gasteiger partial charge in [0, 0.05) is 18.8 Å². The van der Waals surface area contributed by atoms with Gasteiger partial charge in [0.05, 0.1) is 31.5 Å². The lowest BCUT2D eigenvalue weighted by atomic mass is 10.0. The van der Waals surface area contributed by atoms with Crippen LogP contribution in [-0.4, -0.2) is 62.3 Å². The number of carbonyl (C=O) groups excluding carboxylic acids is 1. The predicted octanol–water partition coefficient (Wildman–Crippen LogP) is 1.11. The van der Waals surface area contributed by atoms with E-state index in [0.29, 0.717) is 25.6 Å². The van der Waals surface area contributed by atoms with Crippen molar-refractivity contribution in [2.24, 2.45) is 0 Å². The SMILES string of the molecule is Cc1cccc(CNC(=O)Cn2nnnc2C(c2ccccc2)N2CCOCC2)n1. The zero-order valence-electron chi connectivity index (χ0n) is 16.9. The molecule has 1 atom stereocenters. The Morgan fingerprint density at radius 3 is 2.70 bits per heavy atom. The molecule has 9 nitrogen and oxygen atoms in total. The number of aryl methyl sites for hydroxylation is 1. The fraction of sp³-hybridized carbons (Fsp3) is 0.381. The number of tetrazole rings is 1. The summed E-state index contributed by atoms with van der Waals surface area (Å²) in [4.78, 5) is 19.3. The maximum absolute atomic E-state index is 12.6. The highest BCUT2D eigenvalue weighted by Crippen LogP contribution is 2.27. The van der Waals surface area contributed by atoms with Crippen LogP contribution in [0.4, 0.5) is 0 Å². The normalized spacial score (nSPS) is 15.6. The third-order valence-electron chi connectivity index (χ3n) is 5.04. The summed E-state index contributed by atoms with van der Waals surface area (Å²) in [6.45, 7) is 5.21. The number of pyridine rings is 1. The number of aromatic nitrogens is 5. The topological polar surface area (TPSA) is 98.1 Å². The fourth-order valence-corrected chi connectivity index (χ4v) is 3.59. The number of hydrogen-bond donors (Lipinski definition) is 1. The van der Waals surface area contributed by atoms with Crippen molar-refractivity contribution in [2.45, 2.75) is 26.1 Å². The lowest BCUT2D eigenvalue weighted by Crippen LogP contribution is -2.41. The third-order valence-corrected chi connectivity index (χ3v) is 5.04. The van der Waals surface area contributed by atoms with Gasteiger partial charge in [-0.05, 0) is 35.0 Å². The molecule has 0 spiro atoms. The molecule has 0 radical (unpaired) electrons. The Balaban J connectivity index is 1.50. The minimum Gasteiger partial charge on any atom is -0.379 e. The highest BCUT2D eigenvalue weighted by Gasteiger charge is 2.29. The Kier molecular flexibility index (Phi) is 6.41. The largest absolute Gasteiger partial charge is 0.379 e. The number of benzene rings is 1. The molecule has 1 saturated heterocycles. The second-order valence-electron chi connectivity index (χ2n) is 7.20. The van der Waals surface area contributed by atoms with Crippen LogP contribution in [0.25, 0.3) is 0 Å². The number of carbonyl (C=O) groups is 1. The van der Waals surface area contributed by atoms with E-state index in [1.807, 2.05) is 43.3 Å². The van der Waals surface area contributed by atoms with Gasteiger partial charge in [-0.2, -0.15) is 0 Å². The first-order valence-electron chi connectivity index (χ1n) is 10.0. The quantitative estimate of drug-likeness (QED) is 0.627. The molecule has 0 bridgehead atoms. The summed E-state index contributed by atoms with van der Waals surface area (Å²) in [7, 11) is 0. The van der Waals surface area contributed by atoms with Crippen molar-refractivity contribution in [2.75, 3.05) is 26.3 Å². The molecule has 1 unspecified atom stereocenters. The van der Waals surface area contributed by atoms with Crippen molar-refractivity contribution in [1.29, 1.82) is 0 Å². The standard InChI is InChI=1S/C21H25N7O2/c1-16-6-5-9-18(23-16)14-22-19(29)15-28-21(24-25-26-28)20(17-7-3-2-4-8-17)27-10-12-30-13-11-27/h2-9,20H,10-15H2,1H3,(H,22,29). The maximum atomic E-state index is 12.6. The van der Waals surface area contributed by atoms with E-state index < -0.39 is 0 Å². The van der Waals surface area contributed by atoms with Crippen LogP contribution < -0.4 is 5.32 Å². The van der Waals surface area contributed by atoms with Gasteiger partial charge in [0.1, 0.15) is 6.54 Å². The van der Waals surface area contributed by atoms with Crippen molar-refractivity contribution < 1.29 is 9.53 Å². The molecule has 1 aliphatic rings. The first-order chi connectivity index (χ1) is 14.7. The lowest BCUT2D eigenvalue weighted by molar-refractivity contribution is -0.122. The van der Waals surface area contributed by atoms with Crippen LogP contribution in [0.1, 0.15) is 28.8 Å². The number of hydrogen-bond acceptors (Lipinski definition) is 7. The van der Waals surface area contributed by atoms with Crippen molar-refractivity contribution in [3.8, 4) is 0 Å². The van der Waals surface area contributed by atoms with Gasteiger partial charge in [-0.15, -0.1) is 5.10 Å². The molecule has 3 heterocycles. The van der Waals surface area contributed by atoms with Crippen LogP contribution in [0.15, 0.2) is 48.5 Å². The van der Waals surface area contributed by atoms with E-state index in [1.165, 1.54) is 0 Å². The van der Waals surface area contributed by atoms with E-state index in [1.54, 1.807) is 4.68 Å². The molecule has 1 fully saturated rings. The summed E-state index contributed by atoms with van der Waals surface area (Å²) < 4.78 is 7.09. The van der Waals surface area contributed by atoms with Crippen LogP contribution in [0.5, 0.6) is 0 Å². The molecule has 2 aromatic heterocycles. The van der Waals surface area contributed by atoms with Crippen LogP contribution in [0, 0.1) is 6.92 Å². The first kappa shape index (κ1) is 20.1. The summed E-state index contributed by atoms with van der Waals surface area (Å²) in [6.07, 6.45) is 0. The molecule has 4 rings (SSSR count). The van der Waals surface area contributed by atoms with Crippen LogP contribution >= 0.6 is 0 Å². The van der Waals surface area contributed by atoms with Gasteiger partial charge in [-0.25, -0.2) is 4.68 Å². The zero-order chi connectivity index (χ0) is 20.8. The summed E-state index contributed by atoms with van der Waals surface area (Å²) >= 11 is 0. The van der Waals surface area contributed by atoms with E-state index in [2.05, 4.69) is 42.9 Å².